The molecule has 0 radical (unpaired) electrons. The normalized spacial score (nSPS) is 12.0. The first kappa shape index (κ1) is 16.0. The molecule has 7 heteroatoms. The second-order valence-corrected chi connectivity index (χ2v) is 5.22. The highest BCUT2D eigenvalue weighted by molar-refractivity contribution is 6.30. The summed E-state index contributed by atoms with van der Waals surface area (Å²) in [7, 11) is 0. The van der Waals surface area contributed by atoms with Gasteiger partial charge in [-0.3, -0.25) is 9.59 Å². The fraction of sp³-hybridized carbons (Fsp3) is 0.267. The molecule has 1 aromatic heterocycles. The Balaban J connectivity index is 2.35. The number of nitrogens with zero attached hydrogens (tertiary/aromatic N) is 2. The summed E-state index contributed by atoms with van der Waals surface area (Å²) in [4.78, 5) is 23.0. The molecule has 6 nitrogen and oxygen atoms in total. The molecule has 2 aromatic rings. The molecule has 0 spiro atoms. The van der Waals surface area contributed by atoms with Gasteiger partial charge in [-0.05, 0) is 31.5 Å². The molecular formula is C15H16ClN3O3. The first-order chi connectivity index (χ1) is 10.4. The highest BCUT2D eigenvalue weighted by Crippen LogP contribution is 2.19. The second kappa shape index (κ2) is 6.62. The molecule has 1 amide bonds. The average Bonchev–Trinajstić information content (AvgIpc) is 2.90. The van der Waals surface area contributed by atoms with Gasteiger partial charge in [0, 0.05) is 5.02 Å². The van der Waals surface area contributed by atoms with Crippen molar-refractivity contribution in [2.45, 2.75) is 26.3 Å². The number of aliphatic carboxylic acids is 1. The van der Waals surface area contributed by atoms with E-state index in [0.717, 1.165) is 5.69 Å². The van der Waals surface area contributed by atoms with Crippen LogP contribution in [-0.4, -0.2) is 32.8 Å². The molecule has 1 aromatic carbocycles. The van der Waals surface area contributed by atoms with Gasteiger partial charge in [0.05, 0.1) is 23.1 Å². The van der Waals surface area contributed by atoms with Crippen molar-refractivity contribution < 1.29 is 14.7 Å². The molecule has 0 fully saturated rings. The summed E-state index contributed by atoms with van der Waals surface area (Å²) in [5.41, 5.74) is 1.79. The molecule has 0 saturated heterocycles. The van der Waals surface area contributed by atoms with Crippen molar-refractivity contribution in [3.63, 3.8) is 0 Å². The van der Waals surface area contributed by atoms with E-state index < -0.39 is 17.9 Å². The van der Waals surface area contributed by atoms with Gasteiger partial charge in [-0.25, -0.2) is 4.68 Å². The lowest BCUT2D eigenvalue weighted by Crippen LogP contribution is -2.38. The van der Waals surface area contributed by atoms with Crippen LogP contribution >= 0.6 is 11.6 Å². The van der Waals surface area contributed by atoms with Crippen molar-refractivity contribution in [3.8, 4) is 5.69 Å². The minimum absolute atomic E-state index is 0.357. The van der Waals surface area contributed by atoms with Crippen LogP contribution in [0.4, 0.5) is 0 Å². The zero-order valence-corrected chi connectivity index (χ0v) is 13.0. The number of carbonyl (C=O) groups is 2. The van der Waals surface area contributed by atoms with E-state index in [1.54, 1.807) is 22.9 Å². The Morgan fingerprint density at radius 2 is 2.18 bits per heavy atom. The minimum Gasteiger partial charge on any atom is -0.480 e. The van der Waals surface area contributed by atoms with Gasteiger partial charge in [-0.1, -0.05) is 24.6 Å². The number of aromatic nitrogens is 2. The van der Waals surface area contributed by atoms with E-state index in [9.17, 15) is 9.59 Å². The number of hydrogen-bond donors (Lipinski definition) is 2. The fourth-order valence-corrected chi connectivity index (χ4v) is 2.25. The van der Waals surface area contributed by atoms with Gasteiger partial charge in [0.15, 0.2) is 0 Å². The van der Waals surface area contributed by atoms with Gasteiger partial charge in [-0.2, -0.15) is 5.10 Å². The van der Waals surface area contributed by atoms with Gasteiger partial charge >= 0.3 is 5.97 Å². The number of nitrogens with one attached hydrogen (secondary N) is 1. The van der Waals surface area contributed by atoms with Crippen LogP contribution in [0.1, 0.15) is 29.9 Å². The van der Waals surface area contributed by atoms with Gasteiger partial charge < -0.3 is 10.4 Å². The summed E-state index contributed by atoms with van der Waals surface area (Å²) in [5, 5.41) is 16.1. The van der Waals surface area contributed by atoms with Crippen molar-refractivity contribution in [3.05, 3.63) is 46.7 Å². The van der Waals surface area contributed by atoms with Gasteiger partial charge in [0.1, 0.15) is 6.04 Å². The Bertz CT molecular complexity index is 712. The Kier molecular flexibility index (Phi) is 4.82. The van der Waals surface area contributed by atoms with Crippen LogP contribution in [0.2, 0.25) is 5.02 Å². The Morgan fingerprint density at radius 1 is 1.45 bits per heavy atom. The van der Waals surface area contributed by atoms with Crippen molar-refractivity contribution >= 4 is 23.5 Å². The molecule has 116 valence electrons. The molecule has 0 saturated carbocycles. The van der Waals surface area contributed by atoms with Crippen molar-refractivity contribution in [2.24, 2.45) is 0 Å². The third kappa shape index (κ3) is 3.28. The molecule has 1 heterocycles. The highest BCUT2D eigenvalue weighted by atomic mass is 35.5. The molecular weight excluding hydrogens is 306 g/mol. The van der Waals surface area contributed by atoms with E-state index in [-0.39, 0.29) is 0 Å². The molecule has 2 N–H and O–H groups in total. The lowest BCUT2D eigenvalue weighted by Gasteiger charge is -2.10. The zero-order chi connectivity index (χ0) is 16.3. The molecule has 22 heavy (non-hydrogen) atoms. The molecule has 0 aliphatic rings. The molecule has 0 aliphatic heterocycles. The van der Waals surface area contributed by atoms with E-state index >= 15 is 0 Å². The number of rotatable bonds is 5. The monoisotopic (exact) mass is 321 g/mol. The number of carbonyl (C=O) groups excluding carboxylic acids is 1. The second-order valence-electron chi connectivity index (χ2n) is 4.78. The third-order valence-corrected chi connectivity index (χ3v) is 3.45. The summed E-state index contributed by atoms with van der Waals surface area (Å²) >= 11 is 5.98. The van der Waals surface area contributed by atoms with Gasteiger partial charge in [0.25, 0.3) is 5.91 Å². The summed E-state index contributed by atoms with van der Waals surface area (Å²) in [6.07, 6.45) is 2.00. The maximum Gasteiger partial charge on any atom is 0.325 e. The number of hydrogen-bond acceptors (Lipinski definition) is 3. The Hall–Kier alpha value is -2.34. The molecule has 1 atom stereocenters. The van der Waals surface area contributed by atoms with Crippen LogP contribution < -0.4 is 5.32 Å². The fourth-order valence-electron chi connectivity index (χ4n) is 2.07. The standard InChI is InChI=1S/C15H16ClN3O3/c1-3-13-12(14(20)18-9(2)15(21)22)8-17-19(13)11-6-4-5-10(16)7-11/h4-9H,3H2,1-2H3,(H,18,20)(H,21,22). The number of carboxylic acids is 1. The zero-order valence-electron chi connectivity index (χ0n) is 12.2. The predicted molar refractivity (Wildman–Crippen MR) is 82.5 cm³/mol. The predicted octanol–water partition coefficient (Wildman–Crippen LogP) is 2.29. The van der Waals surface area contributed by atoms with Crippen LogP contribution in [0.25, 0.3) is 5.69 Å². The van der Waals surface area contributed by atoms with E-state index in [1.807, 2.05) is 13.0 Å². The van der Waals surface area contributed by atoms with Gasteiger partial charge in [-0.15, -0.1) is 0 Å². The van der Waals surface area contributed by atoms with Crippen LogP contribution in [0.15, 0.2) is 30.5 Å². The van der Waals surface area contributed by atoms with Crippen LogP contribution in [0, 0.1) is 0 Å². The maximum absolute atomic E-state index is 12.2. The number of benzene rings is 1. The van der Waals surface area contributed by atoms with Crippen LogP contribution in [0.5, 0.6) is 0 Å². The minimum atomic E-state index is -1.09. The van der Waals surface area contributed by atoms with E-state index in [0.29, 0.717) is 22.7 Å². The molecule has 1 unspecified atom stereocenters. The number of carboxylic acid groups (broad SMARTS) is 1. The lowest BCUT2D eigenvalue weighted by molar-refractivity contribution is -0.138. The van der Waals surface area contributed by atoms with Gasteiger partial charge in [0.2, 0.25) is 0 Å². The quantitative estimate of drug-likeness (QED) is 0.885. The Labute approximate surface area is 132 Å². The SMILES string of the molecule is CCc1c(C(=O)NC(C)C(=O)O)cnn1-c1cccc(Cl)c1. The Morgan fingerprint density at radius 3 is 2.77 bits per heavy atom. The first-order valence-corrected chi connectivity index (χ1v) is 7.18. The molecule has 0 bridgehead atoms. The number of halogens is 1. The first-order valence-electron chi connectivity index (χ1n) is 6.80. The van der Waals surface area contributed by atoms with E-state index in [4.69, 9.17) is 16.7 Å². The highest BCUT2D eigenvalue weighted by Gasteiger charge is 2.21. The summed E-state index contributed by atoms with van der Waals surface area (Å²) < 4.78 is 1.63. The van der Waals surface area contributed by atoms with Crippen molar-refractivity contribution in [1.82, 2.24) is 15.1 Å². The summed E-state index contributed by atoms with van der Waals surface area (Å²) in [5.74, 6) is -1.55. The molecule has 0 aliphatic carbocycles. The maximum atomic E-state index is 12.2. The third-order valence-electron chi connectivity index (χ3n) is 3.22. The van der Waals surface area contributed by atoms with Crippen LogP contribution in [0.3, 0.4) is 0 Å². The smallest absolute Gasteiger partial charge is 0.325 e. The van der Waals surface area contributed by atoms with Crippen molar-refractivity contribution in [1.29, 1.82) is 0 Å². The summed E-state index contributed by atoms with van der Waals surface area (Å²) in [6.45, 7) is 3.31. The average molecular weight is 322 g/mol. The topological polar surface area (TPSA) is 84.2 Å². The summed E-state index contributed by atoms with van der Waals surface area (Å²) in [6, 6.07) is 6.16. The lowest BCUT2D eigenvalue weighted by atomic mass is 10.1. The van der Waals surface area contributed by atoms with Crippen LogP contribution in [-0.2, 0) is 11.2 Å². The van der Waals surface area contributed by atoms with E-state index in [1.165, 1.54) is 13.1 Å². The van der Waals surface area contributed by atoms with Crippen molar-refractivity contribution in [2.75, 3.05) is 0 Å². The molecule has 2 rings (SSSR count). The largest absolute Gasteiger partial charge is 0.480 e. The van der Waals surface area contributed by atoms with E-state index in [2.05, 4.69) is 10.4 Å². The number of amides is 1.